The summed E-state index contributed by atoms with van der Waals surface area (Å²) < 4.78 is 6.31. The Bertz CT molecular complexity index is 404. The number of hydrogen-bond acceptors (Lipinski definition) is 2. The Hall–Kier alpha value is -0.540. The third-order valence-electron chi connectivity index (χ3n) is 3.71. The van der Waals surface area contributed by atoms with Crippen molar-refractivity contribution in [2.75, 3.05) is 20.2 Å². The smallest absolute Gasteiger partial charge is 0.133 e. The van der Waals surface area contributed by atoms with Gasteiger partial charge in [-0.3, -0.25) is 0 Å². The van der Waals surface area contributed by atoms with Gasteiger partial charge in [0.15, 0.2) is 0 Å². The van der Waals surface area contributed by atoms with Crippen LogP contribution in [0.3, 0.4) is 0 Å². The Kier molecular flexibility index (Phi) is 7.60. The number of rotatable bonds is 9. The van der Waals surface area contributed by atoms with Crippen LogP contribution in [0.2, 0.25) is 0 Å². The van der Waals surface area contributed by atoms with Crippen LogP contribution in [0, 0.1) is 5.41 Å². The van der Waals surface area contributed by atoms with Crippen molar-refractivity contribution in [3.05, 3.63) is 28.2 Å². The molecule has 0 aliphatic carbocycles. The Morgan fingerprint density at radius 3 is 2.55 bits per heavy atom. The highest BCUT2D eigenvalue weighted by Gasteiger charge is 2.17. The zero-order chi connectivity index (χ0) is 15.0. The van der Waals surface area contributed by atoms with Crippen LogP contribution in [0.25, 0.3) is 0 Å². The fourth-order valence-corrected chi connectivity index (χ4v) is 2.79. The van der Waals surface area contributed by atoms with Gasteiger partial charge in [0.25, 0.3) is 0 Å². The maximum atomic E-state index is 5.27. The second-order valence-electron chi connectivity index (χ2n) is 6.13. The number of hydrogen-bond donors (Lipinski definition) is 1. The van der Waals surface area contributed by atoms with Gasteiger partial charge in [-0.2, -0.15) is 0 Å². The fraction of sp³-hybridized carbons (Fsp3) is 0.647. The second kappa shape index (κ2) is 8.68. The van der Waals surface area contributed by atoms with E-state index < -0.39 is 0 Å². The van der Waals surface area contributed by atoms with Gasteiger partial charge in [-0.05, 0) is 77.8 Å². The van der Waals surface area contributed by atoms with Crippen LogP contribution >= 0.6 is 15.9 Å². The quantitative estimate of drug-likeness (QED) is 0.651. The lowest BCUT2D eigenvalue weighted by molar-refractivity contribution is 0.302. The molecule has 0 spiro atoms. The summed E-state index contributed by atoms with van der Waals surface area (Å²) in [6.07, 6.45) is 4.76. The topological polar surface area (TPSA) is 21.3 Å². The molecule has 1 N–H and O–H groups in total. The van der Waals surface area contributed by atoms with Crippen LogP contribution in [-0.2, 0) is 6.42 Å². The molecule has 0 fully saturated rings. The molecule has 0 unspecified atom stereocenters. The van der Waals surface area contributed by atoms with E-state index in [1.165, 1.54) is 24.8 Å². The fourth-order valence-electron chi connectivity index (χ4n) is 2.20. The van der Waals surface area contributed by atoms with Crippen molar-refractivity contribution in [2.24, 2.45) is 5.41 Å². The normalized spacial score (nSPS) is 11.7. The van der Waals surface area contributed by atoms with Gasteiger partial charge < -0.3 is 10.1 Å². The summed E-state index contributed by atoms with van der Waals surface area (Å²) in [5.41, 5.74) is 1.75. The molecule has 0 amide bonds. The highest BCUT2D eigenvalue weighted by atomic mass is 79.9. The Balaban J connectivity index is 2.42. The molecule has 1 rings (SSSR count). The molecule has 114 valence electrons. The van der Waals surface area contributed by atoms with E-state index in [2.05, 4.69) is 54.2 Å². The molecular weight excluding hydrogens is 314 g/mol. The first kappa shape index (κ1) is 17.5. The first-order valence-electron chi connectivity index (χ1n) is 7.51. The Morgan fingerprint density at radius 2 is 1.95 bits per heavy atom. The minimum Gasteiger partial charge on any atom is -0.496 e. The number of benzene rings is 1. The second-order valence-corrected chi connectivity index (χ2v) is 6.99. The zero-order valence-electron chi connectivity index (χ0n) is 13.3. The summed E-state index contributed by atoms with van der Waals surface area (Å²) >= 11 is 3.55. The van der Waals surface area contributed by atoms with Crippen LogP contribution in [0.15, 0.2) is 22.7 Å². The average molecular weight is 342 g/mol. The van der Waals surface area contributed by atoms with Gasteiger partial charge in [-0.15, -0.1) is 0 Å². The number of nitrogens with one attached hydrogen (secondary N) is 1. The first-order chi connectivity index (χ1) is 9.48. The molecule has 0 saturated heterocycles. The van der Waals surface area contributed by atoms with Gasteiger partial charge in [-0.1, -0.05) is 26.8 Å². The molecule has 0 aliphatic rings. The Morgan fingerprint density at radius 1 is 1.20 bits per heavy atom. The van der Waals surface area contributed by atoms with Crippen LogP contribution < -0.4 is 10.1 Å². The van der Waals surface area contributed by atoms with Gasteiger partial charge in [0.05, 0.1) is 11.6 Å². The van der Waals surface area contributed by atoms with Crippen molar-refractivity contribution in [1.29, 1.82) is 0 Å². The standard InChI is InChI=1S/C17H28BrNO/c1-5-11-19-12-10-17(2,3)9-8-14-6-7-16(20-4)15(18)13-14/h6-7,13,19H,5,8-12H2,1-4H3. The molecule has 2 nitrogen and oxygen atoms in total. The Labute approximate surface area is 132 Å². The van der Waals surface area contributed by atoms with Crippen molar-refractivity contribution in [3.63, 3.8) is 0 Å². The number of halogens is 1. The molecule has 1 aromatic carbocycles. The predicted molar refractivity (Wildman–Crippen MR) is 90.6 cm³/mol. The number of ether oxygens (including phenoxy) is 1. The van der Waals surface area contributed by atoms with E-state index in [1.54, 1.807) is 7.11 Å². The molecular formula is C17H28BrNO. The van der Waals surface area contributed by atoms with E-state index in [0.29, 0.717) is 5.41 Å². The molecule has 0 aromatic heterocycles. The third-order valence-corrected chi connectivity index (χ3v) is 4.33. The highest BCUT2D eigenvalue weighted by molar-refractivity contribution is 9.10. The lowest BCUT2D eigenvalue weighted by Gasteiger charge is -2.25. The summed E-state index contributed by atoms with van der Waals surface area (Å²) in [5, 5.41) is 3.49. The van der Waals surface area contributed by atoms with E-state index in [0.717, 1.165) is 29.7 Å². The zero-order valence-corrected chi connectivity index (χ0v) is 14.8. The summed E-state index contributed by atoms with van der Waals surface area (Å²) in [5.74, 6) is 0.900. The molecule has 0 radical (unpaired) electrons. The van der Waals surface area contributed by atoms with Gasteiger partial charge in [0.1, 0.15) is 5.75 Å². The molecule has 0 aliphatic heterocycles. The summed E-state index contributed by atoms with van der Waals surface area (Å²) in [6, 6.07) is 6.37. The first-order valence-corrected chi connectivity index (χ1v) is 8.31. The van der Waals surface area contributed by atoms with Gasteiger partial charge in [-0.25, -0.2) is 0 Å². The molecule has 3 heteroatoms. The van der Waals surface area contributed by atoms with Crippen molar-refractivity contribution in [1.82, 2.24) is 5.32 Å². The van der Waals surface area contributed by atoms with Crippen molar-refractivity contribution >= 4 is 15.9 Å². The summed E-state index contributed by atoms with van der Waals surface area (Å²) in [7, 11) is 1.70. The molecule has 0 saturated carbocycles. The van der Waals surface area contributed by atoms with Gasteiger partial charge in [0, 0.05) is 0 Å². The van der Waals surface area contributed by atoms with E-state index >= 15 is 0 Å². The number of aryl methyl sites for hydroxylation is 1. The van der Waals surface area contributed by atoms with Crippen LogP contribution in [0.1, 0.15) is 45.6 Å². The maximum absolute atomic E-state index is 5.27. The average Bonchev–Trinajstić information content (AvgIpc) is 2.42. The van der Waals surface area contributed by atoms with Crippen LogP contribution in [0.4, 0.5) is 0 Å². The molecule has 20 heavy (non-hydrogen) atoms. The van der Waals surface area contributed by atoms with E-state index in [9.17, 15) is 0 Å². The minimum atomic E-state index is 0.382. The van der Waals surface area contributed by atoms with E-state index in [4.69, 9.17) is 4.74 Å². The maximum Gasteiger partial charge on any atom is 0.133 e. The minimum absolute atomic E-state index is 0.382. The molecule has 0 atom stereocenters. The van der Waals surface area contributed by atoms with Gasteiger partial charge >= 0.3 is 0 Å². The molecule has 0 bridgehead atoms. The monoisotopic (exact) mass is 341 g/mol. The van der Waals surface area contributed by atoms with Crippen molar-refractivity contribution < 1.29 is 4.74 Å². The van der Waals surface area contributed by atoms with Gasteiger partial charge in [0.2, 0.25) is 0 Å². The largest absolute Gasteiger partial charge is 0.496 e. The lowest BCUT2D eigenvalue weighted by Crippen LogP contribution is -2.23. The SMILES string of the molecule is CCCNCCC(C)(C)CCc1ccc(OC)c(Br)c1. The summed E-state index contributed by atoms with van der Waals surface area (Å²) in [6.45, 7) is 9.17. The molecule has 0 heterocycles. The third kappa shape index (κ3) is 6.27. The number of methoxy groups -OCH3 is 1. The highest BCUT2D eigenvalue weighted by Crippen LogP contribution is 2.30. The van der Waals surface area contributed by atoms with Crippen LogP contribution in [-0.4, -0.2) is 20.2 Å². The van der Waals surface area contributed by atoms with E-state index in [-0.39, 0.29) is 0 Å². The predicted octanol–water partition coefficient (Wildman–Crippen LogP) is 4.81. The lowest BCUT2D eigenvalue weighted by atomic mass is 9.83. The summed E-state index contributed by atoms with van der Waals surface area (Å²) in [4.78, 5) is 0. The molecule has 1 aromatic rings. The van der Waals surface area contributed by atoms with Crippen molar-refractivity contribution in [3.8, 4) is 5.75 Å². The van der Waals surface area contributed by atoms with E-state index in [1.807, 2.05) is 6.07 Å². The van der Waals surface area contributed by atoms with Crippen LogP contribution in [0.5, 0.6) is 5.75 Å². The van der Waals surface area contributed by atoms with Crippen molar-refractivity contribution in [2.45, 2.75) is 46.5 Å².